The third kappa shape index (κ3) is 3.69. The monoisotopic (exact) mass is 216 g/mol. The molecule has 1 aromatic carbocycles. The molecule has 0 atom stereocenters. The molecule has 1 amide bonds. The molecule has 0 heterocycles. The standard InChI is InChI=1S/C13H14NO2/c1-10(2)14-13(16)12(9-15)8-11-6-4-3-5-7-11/h3-8,10H,1-2H3,(H,14,16). The number of hydrogen-bond acceptors (Lipinski definition) is 2. The van der Waals surface area contributed by atoms with Crippen molar-refractivity contribution in [3.8, 4) is 0 Å². The first kappa shape index (κ1) is 12.2. The van der Waals surface area contributed by atoms with Gasteiger partial charge in [-0.2, -0.15) is 0 Å². The van der Waals surface area contributed by atoms with Crippen LogP contribution in [0.3, 0.4) is 0 Å². The summed E-state index contributed by atoms with van der Waals surface area (Å²) in [5.74, 6) is -0.395. The van der Waals surface area contributed by atoms with Crippen LogP contribution in [0.15, 0.2) is 35.9 Å². The van der Waals surface area contributed by atoms with Crippen LogP contribution in [0.2, 0.25) is 0 Å². The maximum atomic E-state index is 11.5. The van der Waals surface area contributed by atoms with Gasteiger partial charge >= 0.3 is 0 Å². The molecule has 0 aliphatic heterocycles. The summed E-state index contributed by atoms with van der Waals surface area (Å²) in [6.45, 7) is 3.67. The molecule has 0 bridgehead atoms. The van der Waals surface area contributed by atoms with E-state index in [4.69, 9.17) is 0 Å². The van der Waals surface area contributed by atoms with Crippen LogP contribution in [0.1, 0.15) is 19.4 Å². The van der Waals surface area contributed by atoms with Gasteiger partial charge in [0.05, 0.1) is 5.57 Å². The van der Waals surface area contributed by atoms with Gasteiger partial charge in [-0.3, -0.25) is 9.59 Å². The van der Waals surface area contributed by atoms with Crippen molar-refractivity contribution in [1.29, 1.82) is 0 Å². The lowest BCUT2D eigenvalue weighted by atomic mass is 10.1. The van der Waals surface area contributed by atoms with E-state index in [-0.39, 0.29) is 11.6 Å². The first-order valence-corrected chi connectivity index (χ1v) is 5.09. The Balaban J connectivity index is 2.86. The lowest BCUT2D eigenvalue weighted by Gasteiger charge is -2.07. The van der Waals surface area contributed by atoms with E-state index in [1.54, 1.807) is 6.29 Å². The fraction of sp³-hybridized carbons (Fsp3) is 0.231. The van der Waals surface area contributed by atoms with E-state index in [9.17, 15) is 9.59 Å². The van der Waals surface area contributed by atoms with Crippen LogP contribution in [0.4, 0.5) is 0 Å². The lowest BCUT2D eigenvalue weighted by molar-refractivity contribution is -0.117. The van der Waals surface area contributed by atoms with Gasteiger partial charge in [0.15, 0.2) is 0 Å². The third-order valence-corrected chi connectivity index (χ3v) is 1.88. The molecule has 0 saturated carbocycles. The average Bonchev–Trinajstić information content (AvgIpc) is 2.26. The fourth-order valence-corrected chi connectivity index (χ4v) is 1.20. The van der Waals surface area contributed by atoms with Crippen LogP contribution in [-0.4, -0.2) is 18.2 Å². The van der Waals surface area contributed by atoms with Crippen molar-refractivity contribution in [2.75, 3.05) is 0 Å². The Morgan fingerprint density at radius 3 is 2.44 bits per heavy atom. The highest BCUT2D eigenvalue weighted by Crippen LogP contribution is 2.05. The maximum absolute atomic E-state index is 11.5. The molecule has 83 valence electrons. The van der Waals surface area contributed by atoms with E-state index in [0.29, 0.717) is 0 Å². The topological polar surface area (TPSA) is 46.2 Å². The molecule has 0 unspecified atom stereocenters. The Morgan fingerprint density at radius 1 is 1.31 bits per heavy atom. The van der Waals surface area contributed by atoms with E-state index >= 15 is 0 Å². The summed E-state index contributed by atoms with van der Waals surface area (Å²) in [7, 11) is 0. The van der Waals surface area contributed by atoms with Gasteiger partial charge in [0.2, 0.25) is 6.29 Å². The summed E-state index contributed by atoms with van der Waals surface area (Å²) < 4.78 is 0. The summed E-state index contributed by atoms with van der Waals surface area (Å²) in [6, 6.07) is 9.19. The molecule has 0 spiro atoms. The number of rotatable bonds is 4. The largest absolute Gasteiger partial charge is 0.350 e. The lowest BCUT2D eigenvalue weighted by Crippen LogP contribution is -2.31. The van der Waals surface area contributed by atoms with Gasteiger partial charge in [-0.25, -0.2) is 0 Å². The molecule has 0 saturated heterocycles. The van der Waals surface area contributed by atoms with Crippen LogP contribution < -0.4 is 5.32 Å². The highest BCUT2D eigenvalue weighted by atomic mass is 16.2. The summed E-state index contributed by atoms with van der Waals surface area (Å²) >= 11 is 0. The highest BCUT2D eigenvalue weighted by Gasteiger charge is 2.10. The maximum Gasteiger partial charge on any atom is 0.255 e. The van der Waals surface area contributed by atoms with E-state index in [2.05, 4.69) is 5.32 Å². The zero-order valence-corrected chi connectivity index (χ0v) is 9.36. The second-order valence-electron chi connectivity index (χ2n) is 3.70. The smallest absolute Gasteiger partial charge is 0.255 e. The fourth-order valence-electron chi connectivity index (χ4n) is 1.20. The number of benzene rings is 1. The zero-order chi connectivity index (χ0) is 12.0. The molecular weight excluding hydrogens is 202 g/mol. The highest BCUT2D eigenvalue weighted by molar-refractivity contribution is 6.14. The second-order valence-corrected chi connectivity index (χ2v) is 3.70. The van der Waals surface area contributed by atoms with Gasteiger partial charge in [-0.1, -0.05) is 30.3 Å². The van der Waals surface area contributed by atoms with Crippen LogP contribution in [0, 0.1) is 0 Å². The Bertz CT molecular complexity index is 394. The predicted octanol–water partition coefficient (Wildman–Crippen LogP) is 1.70. The molecule has 3 nitrogen and oxygen atoms in total. The summed E-state index contributed by atoms with van der Waals surface area (Å²) in [5.41, 5.74) is 0.819. The van der Waals surface area contributed by atoms with Gasteiger partial charge in [0.25, 0.3) is 5.91 Å². The van der Waals surface area contributed by atoms with Gasteiger partial charge in [-0.05, 0) is 25.5 Å². The van der Waals surface area contributed by atoms with Crippen molar-refractivity contribution < 1.29 is 9.59 Å². The van der Waals surface area contributed by atoms with Gasteiger partial charge in [-0.15, -0.1) is 0 Å². The van der Waals surface area contributed by atoms with Gasteiger partial charge in [0.1, 0.15) is 0 Å². The molecule has 0 aliphatic rings. The molecule has 16 heavy (non-hydrogen) atoms. The first-order valence-electron chi connectivity index (χ1n) is 5.09. The minimum Gasteiger partial charge on any atom is -0.350 e. The number of carbonyl (C=O) groups excluding carboxylic acids is 2. The summed E-state index contributed by atoms with van der Waals surface area (Å²) in [6.07, 6.45) is 3.17. The second kappa shape index (κ2) is 5.85. The van der Waals surface area contributed by atoms with Crippen molar-refractivity contribution in [1.82, 2.24) is 5.32 Å². The minimum atomic E-state index is -0.395. The van der Waals surface area contributed by atoms with Crippen molar-refractivity contribution in [3.63, 3.8) is 0 Å². The van der Waals surface area contributed by atoms with Crippen LogP contribution in [-0.2, 0) is 9.59 Å². The number of hydrogen-bond donors (Lipinski definition) is 1. The van der Waals surface area contributed by atoms with Crippen molar-refractivity contribution >= 4 is 18.3 Å². The molecule has 1 radical (unpaired) electrons. The zero-order valence-electron chi connectivity index (χ0n) is 9.36. The van der Waals surface area contributed by atoms with Crippen molar-refractivity contribution in [2.24, 2.45) is 0 Å². The van der Waals surface area contributed by atoms with Gasteiger partial charge < -0.3 is 5.32 Å². The molecule has 0 fully saturated rings. The Morgan fingerprint density at radius 2 is 1.94 bits per heavy atom. The van der Waals surface area contributed by atoms with E-state index in [1.165, 1.54) is 6.08 Å². The summed E-state index contributed by atoms with van der Waals surface area (Å²) in [5, 5.41) is 2.64. The molecule has 0 aliphatic carbocycles. The SMILES string of the molecule is CC(C)NC(=O)C([C]=O)=Cc1ccccc1. The number of carbonyl (C=O) groups is 1. The van der Waals surface area contributed by atoms with Crippen LogP contribution in [0.5, 0.6) is 0 Å². The van der Waals surface area contributed by atoms with Crippen molar-refractivity contribution in [3.05, 3.63) is 41.5 Å². The molecular formula is C13H14NO2. The molecule has 1 N–H and O–H groups in total. The first-order chi connectivity index (χ1) is 7.63. The number of nitrogens with one attached hydrogen (secondary N) is 1. The minimum absolute atomic E-state index is 0.0000216. The van der Waals surface area contributed by atoms with E-state index in [0.717, 1.165) is 5.56 Å². The number of amides is 1. The Kier molecular flexibility index (Phi) is 4.45. The molecule has 1 rings (SSSR count). The van der Waals surface area contributed by atoms with E-state index < -0.39 is 5.91 Å². The Labute approximate surface area is 95.2 Å². The van der Waals surface area contributed by atoms with Crippen molar-refractivity contribution in [2.45, 2.75) is 19.9 Å². The summed E-state index contributed by atoms with van der Waals surface area (Å²) in [4.78, 5) is 22.2. The third-order valence-electron chi connectivity index (χ3n) is 1.88. The quantitative estimate of drug-likeness (QED) is 0.473. The van der Waals surface area contributed by atoms with Crippen LogP contribution in [0.25, 0.3) is 6.08 Å². The normalized spacial score (nSPS) is 11.3. The van der Waals surface area contributed by atoms with E-state index in [1.807, 2.05) is 44.2 Å². The average molecular weight is 216 g/mol. The van der Waals surface area contributed by atoms with Crippen LogP contribution >= 0.6 is 0 Å². The molecule has 0 aromatic heterocycles. The molecule has 1 aromatic rings. The predicted molar refractivity (Wildman–Crippen MR) is 63.4 cm³/mol. The molecule has 3 heteroatoms. The Hall–Kier alpha value is -1.90. The van der Waals surface area contributed by atoms with Gasteiger partial charge in [0, 0.05) is 6.04 Å².